The van der Waals surface area contributed by atoms with E-state index in [1.165, 1.54) is 18.9 Å². The number of hydrogen-bond donors (Lipinski definition) is 1. The maximum absolute atomic E-state index is 13.4. The number of hydrogen-bond acceptors (Lipinski definition) is 2. The number of carboxylic acids is 1. The number of rotatable bonds is 6. The molecule has 0 amide bonds. The summed E-state index contributed by atoms with van der Waals surface area (Å²) in [6.07, 6.45) is 5.56. The van der Waals surface area contributed by atoms with E-state index < -0.39 is 11.8 Å². The maximum atomic E-state index is 13.4. The molecule has 116 valence electrons. The van der Waals surface area contributed by atoms with Crippen molar-refractivity contribution in [2.45, 2.75) is 52.0 Å². The molecule has 1 aliphatic rings. The van der Waals surface area contributed by atoms with Gasteiger partial charge in [0.15, 0.2) is 0 Å². The minimum Gasteiger partial charge on any atom is -0.478 e. The Hall–Kier alpha value is -1.58. The Morgan fingerprint density at radius 3 is 2.62 bits per heavy atom. The zero-order chi connectivity index (χ0) is 15.4. The summed E-state index contributed by atoms with van der Waals surface area (Å²) in [6, 6.07) is 4.50. The van der Waals surface area contributed by atoms with Crippen molar-refractivity contribution in [2.24, 2.45) is 5.92 Å². The molecular formula is C17H24FNO2. The number of benzene rings is 1. The fourth-order valence-corrected chi connectivity index (χ4v) is 3.04. The molecule has 0 unspecified atom stereocenters. The molecule has 21 heavy (non-hydrogen) atoms. The van der Waals surface area contributed by atoms with Gasteiger partial charge in [0, 0.05) is 12.6 Å². The SMILES string of the molecule is CC(C)CCN(c1ccc(F)cc1C(=O)O)C1CCCC1. The highest BCUT2D eigenvalue weighted by Gasteiger charge is 2.26. The van der Waals surface area contributed by atoms with Crippen molar-refractivity contribution in [3.63, 3.8) is 0 Å². The van der Waals surface area contributed by atoms with Gasteiger partial charge in [0.25, 0.3) is 0 Å². The van der Waals surface area contributed by atoms with E-state index in [-0.39, 0.29) is 5.56 Å². The van der Waals surface area contributed by atoms with Crippen LogP contribution in [-0.2, 0) is 0 Å². The third kappa shape index (κ3) is 3.96. The van der Waals surface area contributed by atoms with Crippen molar-refractivity contribution < 1.29 is 14.3 Å². The van der Waals surface area contributed by atoms with Crippen LogP contribution in [0.5, 0.6) is 0 Å². The predicted octanol–water partition coefficient (Wildman–Crippen LogP) is 4.32. The van der Waals surface area contributed by atoms with Gasteiger partial charge in [0.2, 0.25) is 0 Å². The topological polar surface area (TPSA) is 40.5 Å². The second kappa shape index (κ2) is 6.92. The molecule has 0 aromatic heterocycles. The predicted molar refractivity (Wildman–Crippen MR) is 82.4 cm³/mol. The summed E-state index contributed by atoms with van der Waals surface area (Å²) in [5, 5.41) is 9.37. The largest absolute Gasteiger partial charge is 0.478 e. The molecule has 0 radical (unpaired) electrons. The van der Waals surface area contributed by atoms with Crippen molar-refractivity contribution in [3.8, 4) is 0 Å². The Morgan fingerprint density at radius 1 is 1.38 bits per heavy atom. The van der Waals surface area contributed by atoms with E-state index in [0.717, 1.165) is 31.9 Å². The Bertz CT molecular complexity index is 496. The molecule has 3 nitrogen and oxygen atoms in total. The van der Waals surface area contributed by atoms with E-state index in [4.69, 9.17) is 0 Å². The number of aromatic carboxylic acids is 1. The lowest BCUT2D eigenvalue weighted by atomic mass is 10.1. The van der Waals surface area contributed by atoms with E-state index in [1.54, 1.807) is 6.07 Å². The highest BCUT2D eigenvalue weighted by atomic mass is 19.1. The molecule has 0 bridgehead atoms. The molecule has 1 fully saturated rings. The lowest BCUT2D eigenvalue weighted by Crippen LogP contribution is -2.36. The molecule has 1 aliphatic carbocycles. The van der Waals surface area contributed by atoms with Crippen LogP contribution in [0.3, 0.4) is 0 Å². The van der Waals surface area contributed by atoms with Crippen LogP contribution in [0.25, 0.3) is 0 Å². The molecule has 0 atom stereocenters. The number of carbonyl (C=O) groups is 1. The van der Waals surface area contributed by atoms with Crippen LogP contribution in [0.2, 0.25) is 0 Å². The van der Waals surface area contributed by atoms with E-state index in [2.05, 4.69) is 18.7 Å². The molecule has 1 N–H and O–H groups in total. The summed E-state index contributed by atoms with van der Waals surface area (Å²) in [5.74, 6) is -0.994. The van der Waals surface area contributed by atoms with Crippen molar-refractivity contribution in [1.29, 1.82) is 0 Å². The smallest absolute Gasteiger partial charge is 0.337 e. The van der Waals surface area contributed by atoms with Gasteiger partial charge in [0.05, 0.1) is 11.3 Å². The molecule has 1 saturated carbocycles. The van der Waals surface area contributed by atoms with Crippen LogP contribution in [0.15, 0.2) is 18.2 Å². The molecule has 2 rings (SSSR count). The molecule has 0 spiro atoms. The lowest BCUT2D eigenvalue weighted by molar-refractivity contribution is 0.0697. The van der Waals surface area contributed by atoms with E-state index in [9.17, 15) is 14.3 Å². The fourth-order valence-electron chi connectivity index (χ4n) is 3.04. The van der Waals surface area contributed by atoms with Crippen LogP contribution in [-0.4, -0.2) is 23.7 Å². The summed E-state index contributed by atoms with van der Waals surface area (Å²) in [5.41, 5.74) is 0.738. The average Bonchev–Trinajstić information content (AvgIpc) is 2.93. The second-order valence-electron chi connectivity index (χ2n) is 6.28. The van der Waals surface area contributed by atoms with Gasteiger partial charge in [-0.1, -0.05) is 26.7 Å². The third-order valence-corrected chi connectivity index (χ3v) is 4.21. The van der Waals surface area contributed by atoms with Gasteiger partial charge >= 0.3 is 5.97 Å². The molecule has 1 aromatic carbocycles. The van der Waals surface area contributed by atoms with Crippen LogP contribution in [0.4, 0.5) is 10.1 Å². The quantitative estimate of drug-likeness (QED) is 0.849. The average molecular weight is 293 g/mol. The molecule has 1 aromatic rings. The normalized spacial score (nSPS) is 15.6. The van der Waals surface area contributed by atoms with Crippen molar-refractivity contribution in [1.82, 2.24) is 0 Å². The van der Waals surface area contributed by atoms with Gasteiger partial charge in [0.1, 0.15) is 5.82 Å². The molecule has 0 aliphatic heterocycles. The summed E-state index contributed by atoms with van der Waals surface area (Å²) in [4.78, 5) is 13.6. The Kier molecular flexibility index (Phi) is 5.21. The van der Waals surface area contributed by atoms with Gasteiger partial charge in [-0.2, -0.15) is 0 Å². The first-order chi connectivity index (χ1) is 9.99. The van der Waals surface area contributed by atoms with Gasteiger partial charge in [-0.15, -0.1) is 0 Å². The minimum atomic E-state index is -1.06. The van der Waals surface area contributed by atoms with E-state index >= 15 is 0 Å². The number of anilines is 1. The first kappa shape index (κ1) is 15.8. The lowest BCUT2D eigenvalue weighted by Gasteiger charge is -2.33. The summed E-state index contributed by atoms with van der Waals surface area (Å²) < 4.78 is 13.4. The van der Waals surface area contributed by atoms with Crippen LogP contribution in [0.1, 0.15) is 56.3 Å². The standard InChI is InChI=1S/C17H24FNO2/c1-12(2)9-10-19(14-5-3-4-6-14)16-8-7-13(18)11-15(16)17(20)21/h7-8,11-12,14H,3-6,9-10H2,1-2H3,(H,20,21). The third-order valence-electron chi connectivity index (χ3n) is 4.21. The van der Waals surface area contributed by atoms with Gasteiger partial charge in [-0.25, -0.2) is 9.18 Å². The van der Waals surface area contributed by atoms with E-state index in [1.807, 2.05) is 0 Å². The van der Waals surface area contributed by atoms with Gasteiger partial charge in [-0.3, -0.25) is 0 Å². The highest BCUT2D eigenvalue weighted by molar-refractivity contribution is 5.94. The summed E-state index contributed by atoms with van der Waals surface area (Å²) in [7, 11) is 0. The maximum Gasteiger partial charge on any atom is 0.337 e. The van der Waals surface area contributed by atoms with Crippen LogP contribution in [0, 0.1) is 11.7 Å². The second-order valence-corrected chi connectivity index (χ2v) is 6.28. The first-order valence-corrected chi connectivity index (χ1v) is 7.78. The zero-order valence-corrected chi connectivity index (χ0v) is 12.8. The molecule has 4 heteroatoms. The van der Waals surface area contributed by atoms with Crippen molar-refractivity contribution in [2.75, 3.05) is 11.4 Å². The van der Waals surface area contributed by atoms with Gasteiger partial charge < -0.3 is 10.0 Å². The van der Waals surface area contributed by atoms with Crippen LogP contribution >= 0.6 is 0 Å². The highest BCUT2D eigenvalue weighted by Crippen LogP contribution is 2.31. The number of halogens is 1. The minimum absolute atomic E-state index is 0.0747. The fraction of sp³-hybridized carbons (Fsp3) is 0.588. The molecule has 0 saturated heterocycles. The van der Waals surface area contributed by atoms with E-state index in [0.29, 0.717) is 17.6 Å². The Labute approximate surface area is 125 Å². The van der Waals surface area contributed by atoms with Crippen molar-refractivity contribution in [3.05, 3.63) is 29.6 Å². The summed E-state index contributed by atoms with van der Waals surface area (Å²) >= 11 is 0. The van der Waals surface area contributed by atoms with Crippen molar-refractivity contribution >= 4 is 11.7 Å². The summed E-state index contributed by atoms with van der Waals surface area (Å²) in [6.45, 7) is 5.15. The zero-order valence-electron chi connectivity index (χ0n) is 12.8. The first-order valence-electron chi connectivity index (χ1n) is 7.78. The molecule has 0 heterocycles. The number of nitrogens with zero attached hydrogens (tertiary/aromatic N) is 1. The van der Waals surface area contributed by atoms with Gasteiger partial charge in [-0.05, 0) is 43.4 Å². The molecular weight excluding hydrogens is 269 g/mol. The number of carboxylic acid groups (broad SMARTS) is 1. The van der Waals surface area contributed by atoms with Crippen LogP contribution < -0.4 is 4.90 Å². The Morgan fingerprint density at radius 2 is 2.05 bits per heavy atom. The monoisotopic (exact) mass is 293 g/mol. The Balaban J connectivity index is 2.32.